The molecule has 0 bridgehead atoms. The second-order valence-corrected chi connectivity index (χ2v) is 8.59. The first kappa shape index (κ1) is 18.8. The number of halogens is 2. The monoisotopic (exact) mass is 443 g/mol. The number of rotatable bonds is 4. The van der Waals surface area contributed by atoms with Gasteiger partial charge in [0.15, 0.2) is 0 Å². The molecule has 134 valence electrons. The first-order valence-electron chi connectivity index (χ1n) is 8.31. The Kier molecular flexibility index (Phi) is 6.12. The van der Waals surface area contributed by atoms with Gasteiger partial charge in [0.2, 0.25) is 0 Å². The number of phenolic OH excluding ortho intramolecular Hbond substituents is 1. The molecule has 1 heterocycles. The van der Waals surface area contributed by atoms with Gasteiger partial charge >= 0.3 is 5.97 Å². The number of thioether (sulfide) groups is 1. The van der Waals surface area contributed by atoms with Gasteiger partial charge in [0.1, 0.15) is 10.8 Å². The SMILES string of the molecule is CCOC(=O)C1=C(/N=C/c2cc(Cl)cc(Br)c2O)SC2CCCCC12. The van der Waals surface area contributed by atoms with E-state index in [1.165, 1.54) is 6.42 Å². The van der Waals surface area contributed by atoms with E-state index in [0.29, 0.717) is 37.5 Å². The largest absolute Gasteiger partial charge is 0.506 e. The number of phenols is 1. The van der Waals surface area contributed by atoms with Crippen LogP contribution in [-0.2, 0) is 9.53 Å². The van der Waals surface area contributed by atoms with Crippen LogP contribution >= 0.6 is 39.3 Å². The van der Waals surface area contributed by atoms with E-state index in [9.17, 15) is 9.90 Å². The van der Waals surface area contributed by atoms with E-state index in [0.717, 1.165) is 19.3 Å². The summed E-state index contributed by atoms with van der Waals surface area (Å²) in [6.45, 7) is 2.16. The average molecular weight is 445 g/mol. The molecule has 2 atom stereocenters. The van der Waals surface area contributed by atoms with Crippen molar-refractivity contribution < 1.29 is 14.6 Å². The Morgan fingerprint density at radius 1 is 1.48 bits per heavy atom. The predicted octanol–water partition coefficient (Wildman–Crippen LogP) is 5.31. The van der Waals surface area contributed by atoms with Crippen molar-refractivity contribution in [2.24, 2.45) is 10.9 Å². The lowest BCUT2D eigenvalue weighted by atomic mass is 9.84. The summed E-state index contributed by atoms with van der Waals surface area (Å²) in [6.07, 6.45) is 5.96. The van der Waals surface area contributed by atoms with Crippen molar-refractivity contribution in [2.75, 3.05) is 6.61 Å². The number of hydrogen-bond donors (Lipinski definition) is 1. The molecule has 0 aromatic heterocycles. The highest BCUT2D eigenvalue weighted by atomic mass is 79.9. The highest BCUT2D eigenvalue weighted by Gasteiger charge is 2.41. The maximum absolute atomic E-state index is 12.5. The van der Waals surface area contributed by atoms with Gasteiger partial charge in [-0.05, 0) is 47.8 Å². The molecule has 4 nitrogen and oxygen atoms in total. The van der Waals surface area contributed by atoms with Crippen LogP contribution in [0.5, 0.6) is 5.75 Å². The minimum atomic E-state index is -0.270. The number of fused-ring (bicyclic) bond motifs is 1. The zero-order chi connectivity index (χ0) is 18.0. The molecule has 25 heavy (non-hydrogen) atoms. The number of hydrogen-bond acceptors (Lipinski definition) is 5. The Labute approximate surface area is 164 Å². The van der Waals surface area contributed by atoms with Gasteiger partial charge in [0.05, 0.1) is 16.7 Å². The number of aliphatic imine (C=N–C) groups is 1. The van der Waals surface area contributed by atoms with Crippen LogP contribution in [0, 0.1) is 5.92 Å². The topological polar surface area (TPSA) is 58.9 Å². The maximum atomic E-state index is 12.5. The Morgan fingerprint density at radius 2 is 2.24 bits per heavy atom. The molecule has 1 N–H and O–H groups in total. The van der Waals surface area contributed by atoms with Crippen molar-refractivity contribution in [3.63, 3.8) is 0 Å². The molecule has 1 aliphatic heterocycles. The fourth-order valence-electron chi connectivity index (χ4n) is 3.29. The lowest BCUT2D eigenvalue weighted by Crippen LogP contribution is -2.24. The van der Waals surface area contributed by atoms with Crippen molar-refractivity contribution in [3.05, 3.63) is 37.8 Å². The minimum Gasteiger partial charge on any atom is -0.506 e. The number of aromatic hydroxyl groups is 1. The predicted molar refractivity (Wildman–Crippen MR) is 105 cm³/mol. The van der Waals surface area contributed by atoms with Gasteiger partial charge in [0.25, 0.3) is 0 Å². The zero-order valence-corrected chi connectivity index (χ0v) is 17.0. The Hall–Kier alpha value is -0.980. The molecule has 0 spiro atoms. The van der Waals surface area contributed by atoms with Gasteiger partial charge in [0, 0.05) is 28.0 Å². The number of nitrogens with zero attached hydrogens (tertiary/aromatic N) is 1. The van der Waals surface area contributed by atoms with E-state index >= 15 is 0 Å². The zero-order valence-electron chi connectivity index (χ0n) is 13.8. The summed E-state index contributed by atoms with van der Waals surface area (Å²) in [5.41, 5.74) is 1.19. The van der Waals surface area contributed by atoms with E-state index in [1.807, 2.05) is 6.92 Å². The molecule has 7 heteroatoms. The van der Waals surface area contributed by atoms with E-state index in [2.05, 4.69) is 20.9 Å². The first-order chi connectivity index (χ1) is 12.0. The van der Waals surface area contributed by atoms with Gasteiger partial charge in [-0.3, -0.25) is 0 Å². The summed E-state index contributed by atoms with van der Waals surface area (Å²) >= 11 is 11.0. The number of esters is 1. The molecule has 2 aliphatic rings. The van der Waals surface area contributed by atoms with Crippen LogP contribution in [0.2, 0.25) is 5.02 Å². The Bertz CT molecular complexity index is 750. The summed E-state index contributed by atoms with van der Waals surface area (Å²) < 4.78 is 5.77. The molecule has 0 radical (unpaired) electrons. The van der Waals surface area contributed by atoms with Crippen LogP contribution in [0.25, 0.3) is 0 Å². The van der Waals surface area contributed by atoms with Gasteiger partial charge in [-0.1, -0.05) is 24.4 Å². The minimum absolute atomic E-state index is 0.0758. The summed E-state index contributed by atoms with van der Waals surface area (Å²) in [5.74, 6) is 0.0181. The first-order valence-corrected chi connectivity index (χ1v) is 10.4. The van der Waals surface area contributed by atoms with Crippen molar-refractivity contribution in [1.29, 1.82) is 0 Å². The third-order valence-electron chi connectivity index (χ3n) is 4.44. The van der Waals surface area contributed by atoms with Crippen LogP contribution in [0.3, 0.4) is 0 Å². The van der Waals surface area contributed by atoms with Gasteiger partial charge in [-0.2, -0.15) is 0 Å². The molecule has 1 fully saturated rings. The van der Waals surface area contributed by atoms with Crippen LogP contribution in [0.1, 0.15) is 38.2 Å². The standard InChI is InChI=1S/C18H19BrClNO3S/c1-2-24-18(23)15-12-5-3-4-6-14(12)25-17(15)21-9-10-7-11(20)8-13(19)16(10)22/h7-9,12,14,22H,2-6H2,1H3/b21-9+. The van der Waals surface area contributed by atoms with E-state index < -0.39 is 0 Å². The molecule has 0 saturated heterocycles. The lowest BCUT2D eigenvalue weighted by Gasteiger charge is -2.25. The third-order valence-corrected chi connectivity index (χ3v) is 6.68. The summed E-state index contributed by atoms with van der Waals surface area (Å²) in [7, 11) is 0. The molecule has 1 aliphatic carbocycles. The quantitative estimate of drug-likeness (QED) is 0.505. The molecular formula is C18H19BrClNO3S. The molecule has 2 unspecified atom stereocenters. The Balaban J connectivity index is 1.94. The third kappa shape index (κ3) is 4.07. The van der Waals surface area contributed by atoms with Crippen LogP contribution in [0.15, 0.2) is 32.2 Å². The fourth-order valence-corrected chi connectivity index (χ4v) is 5.61. The molecule has 0 amide bonds. The van der Waals surface area contributed by atoms with Gasteiger partial charge in [-0.25, -0.2) is 9.79 Å². The number of carbonyl (C=O) groups excluding carboxylic acids is 1. The number of carbonyl (C=O) groups is 1. The summed E-state index contributed by atoms with van der Waals surface area (Å²) in [5, 5.41) is 11.7. The van der Waals surface area contributed by atoms with Crippen LogP contribution in [-0.4, -0.2) is 29.1 Å². The molecule has 1 aromatic carbocycles. The molecule has 1 aromatic rings. The Morgan fingerprint density at radius 3 is 3.00 bits per heavy atom. The van der Waals surface area contributed by atoms with E-state index in [-0.39, 0.29) is 17.6 Å². The highest BCUT2D eigenvalue weighted by Crippen LogP contribution is 2.49. The number of benzene rings is 1. The maximum Gasteiger partial charge on any atom is 0.337 e. The van der Waals surface area contributed by atoms with Gasteiger partial charge < -0.3 is 9.84 Å². The second-order valence-electron chi connectivity index (χ2n) is 6.07. The summed E-state index contributed by atoms with van der Waals surface area (Å²) in [4.78, 5) is 17.0. The van der Waals surface area contributed by atoms with Gasteiger partial charge in [-0.15, -0.1) is 11.8 Å². The normalized spacial score (nSPS) is 23.2. The average Bonchev–Trinajstić information content (AvgIpc) is 2.95. The smallest absolute Gasteiger partial charge is 0.337 e. The molecular weight excluding hydrogens is 426 g/mol. The van der Waals surface area contributed by atoms with E-state index in [1.54, 1.807) is 30.1 Å². The number of ether oxygens (including phenoxy) is 1. The lowest BCUT2D eigenvalue weighted by molar-refractivity contribution is -0.139. The van der Waals surface area contributed by atoms with Crippen molar-refractivity contribution in [3.8, 4) is 5.75 Å². The highest BCUT2D eigenvalue weighted by molar-refractivity contribution is 9.10. The van der Waals surface area contributed by atoms with Crippen LogP contribution < -0.4 is 0 Å². The van der Waals surface area contributed by atoms with Crippen molar-refractivity contribution in [1.82, 2.24) is 0 Å². The summed E-state index contributed by atoms with van der Waals surface area (Å²) in [6, 6.07) is 3.26. The molecule has 1 saturated carbocycles. The van der Waals surface area contributed by atoms with E-state index in [4.69, 9.17) is 16.3 Å². The van der Waals surface area contributed by atoms with Crippen LogP contribution in [0.4, 0.5) is 0 Å². The second kappa shape index (κ2) is 8.14. The van der Waals surface area contributed by atoms with Crippen molar-refractivity contribution in [2.45, 2.75) is 37.9 Å². The molecule has 3 rings (SSSR count). The fraction of sp³-hybridized carbons (Fsp3) is 0.444. The van der Waals surface area contributed by atoms with Crippen molar-refractivity contribution >= 4 is 51.5 Å².